The predicted octanol–water partition coefficient (Wildman–Crippen LogP) is 6.46. The highest BCUT2D eigenvalue weighted by molar-refractivity contribution is 5.94. The van der Waals surface area contributed by atoms with Gasteiger partial charge >= 0.3 is 0 Å². The van der Waals surface area contributed by atoms with Gasteiger partial charge < -0.3 is 4.42 Å². The van der Waals surface area contributed by atoms with E-state index in [4.69, 9.17) is 4.42 Å². The summed E-state index contributed by atoms with van der Waals surface area (Å²) in [6.07, 6.45) is 7.06. The molecule has 0 atom stereocenters. The van der Waals surface area contributed by atoms with Gasteiger partial charge in [0.25, 0.3) is 0 Å². The molecule has 0 N–H and O–H groups in total. The van der Waals surface area contributed by atoms with Gasteiger partial charge in [-0.1, -0.05) is 35.4 Å². The van der Waals surface area contributed by atoms with Crippen molar-refractivity contribution >= 4 is 11.6 Å². The largest absolute Gasteiger partial charge is 0.462 e. The standard InChI is InChI=1S/C25H24O/c1-15-9-16(2)11-21(10-15)25-22-6-4-5-18(22)12-19-13-20(14-23(19)25)24-8-7-17(3)26-24/h7-12,14H,4-6,13H2,1-3H3. The fraction of sp³-hybridized carbons (Fsp3) is 0.280. The monoisotopic (exact) mass is 340 g/mol. The van der Waals surface area contributed by atoms with Crippen LogP contribution in [0.3, 0.4) is 0 Å². The smallest absolute Gasteiger partial charge is 0.130 e. The molecular weight excluding hydrogens is 316 g/mol. The number of fused-ring (bicyclic) bond motifs is 2. The first-order valence-corrected chi connectivity index (χ1v) is 9.62. The number of benzene rings is 2. The Balaban J connectivity index is 1.73. The van der Waals surface area contributed by atoms with Gasteiger partial charge in [0.2, 0.25) is 0 Å². The van der Waals surface area contributed by atoms with Crippen LogP contribution in [0.2, 0.25) is 0 Å². The zero-order valence-electron chi connectivity index (χ0n) is 15.8. The Kier molecular flexibility index (Phi) is 3.46. The van der Waals surface area contributed by atoms with Crippen LogP contribution in [-0.2, 0) is 19.3 Å². The van der Waals surface area contributed by atoms with Crippen LogP contribution in [0.25, 0.3) is 22.8 Å². The van der Waals surface area contributed by atoms with Crippen molar-refractivity contribution in [3.63, 3.8) is 0 Å². The van der Waals surface area contributed by atoms with Crippen molar-refractivity contribution in [3.8, 4) is 11.1 Å². The van der Waals surface area contributed by atoms with Crippen LogP contribution in [0.4, 0.5) is 0 Å². The van der Waals surface area contributed by atoms with Crippen LogP contribution >= 0.6 is 0 Å². The van der Waals surface area contributed by atoms with Crippen LogP contribution < -0.4 is 0 Å². The van der Waals surface area contributed by atoms with Crippen molar-refractivity contribution in [3.05, 3.63) is 81.3 Å². The van der Waals surface area contributed by atoms with Crippen molar-refractivity contribution < 1.29 is 4.42 Å². The average molecular weight is 340 g/mol. The number of furan rings is 1. The summed E-state index contributed by atoms with van der Waals surface area (Å²) in [6.45, 7) is 6.42. The molecule has 1 aromatic heterocycles. The molecule has 2 aromatic carbocycles. The third-order valence-corrected chi connectivity index (χ3v) is 5.79. The molecule has 0 spiro atoms. The Hall–Kier alpha value is -2.54. The highest BCUT2D eigenvalue weighted by Crippen LogP contribution is 2.44. The fourth-order valence-corrected chi connectivity index (χ4v) is 4.78. The molecule has 3 aromatic rings. The summed E-state index contributed by atoms with van der Waals surface area (Å²) < 4.78 is 5.91. The first-order chi connectivity index (χ1) is 12.6. The second kappa shape index (κ2) is 5.74. The van der Waals surface area contributed by atoms with Gasteiger partial charge in [0.15, 0.2) is 0 Å². The van der Waals surface area contributed by atoms with Gasteiger partial charge in [-0.25, -0.2) is 0 Å². The summed E-state index contributed by atoms with van der Waals surface area (Å²) in [6, 6.07) is 13.6. The summed E-state index contributed by atoms with van der Waals surface area (Å²) in [5.74, 6) is 2.00. The van der Waals surface area contributed by atoms with E-state index in [2.05, 4.69) is 56.3 Å². The topological polar surface area (TPSA) is 13.1 Å². The number of allylic oxidation sites excluding steroid dienone is 1. The summed E-state index contributed by atoms with van der Waals surface area (Å²) in [5, 5.41) is 0. The lowest BCUT2D eigenvalue weighted by Crippen LogP contribution is -1.97. The van der Waals surface area contributed by atoms with Crippen molar-refractivity contribution in [1.82, 2.24) is 0 Å². The average Bonchev–Trinajstić information content (AvgIpc) is 3.29. The lowest BCUT2D eigenvalue weighted by molar-refractivity contribution is 0.521. The molecule has 5 rings (SSSR count). The normalized spacial score (nSPS) is 15.1. The molecular formula is C25H24O. The molecule has 0 aliphatic heterocycles. The number of aryl methyl sites for hydroxylation is 4. The van der Waals surface area contributed by atoms with Gasteiger partial charge in [-0.05, 0) is 97.2 Å². The van der Waals surface area contributed by atoms with Crippen LogP contribution in [0.15, 0.2) is 40.8 Å². The zero-order valence-corrected chi connectivity index (χ0v) is 15.8. The van der Waals surface area contributed by atoms with Crippen LogP contribution in [0.1, 0.15) is 51.3 Å². The Labute approximate surface area is 155 Å². The maximum absolute atomic E-state index is 5.91. The Morgan fingerprint density at radius 3 is 2.38 bits per heavy atom. The van der Waals surface area contributed by atoms with E-state index in [0.29, 0.717) is 0 Å². The van der Waals surface area contributed by atoms with Crippen molar-refractivity contribution in [1.29, 1.82) is 0 Å². The van der Waals surface area contributed by atoms with E-state index in [1.165, 1.54) is 58.2 Å². The third-order valence-electron chi connectivity index (χ3n) is 5.79. The van der Waals surface area contributed by atoms with Crippen molar-refractivity contribution in [2.75, 3.05) is 0 Å². The number of hydrogen-bond donors (Lipinski definition) is 0. The highest BCUT2D eigenvalue weighted by atomic mass is 16.3. The van der Waals surface area contributed by atoms with Crippen molar-refractivity contribution in [2.45, 2.75) is 46.5 Å². The quantitative estimate of drug-likeness (QED) is 0.522. The second-order valence-electron chi connectivity index (χ2n) is 7.95. The minimum Gasteiger partial charge on any atom is -0.462 e. The maximum Gasteiger partial charge on any atom is 0.130 e. The first-order valence-electron chi connectivity index (χ1n) is 9.62. The molecule has 0 bridgehead atoms. The SMILES string of the molecule is Cc1cc(C)cc(-c2c3c(cc4c2CCC4)CC(c2ccc(C)o2)=C3)c1. The van der Waals surface area contributed by atoms with Gasteiger partial charge in [0, 0.05) is 6.42 Å². The third kappa shape index (κ3) is 2.46. The molecule has 1 heterocycles. The molecule has 2 aliphatic carbocycles. The minimum atomic E-state index is 0.980. The van der Waals surface area contributed by atoms with E-state index in [1.54, 1.807) is 11.1 Å². The summed E-state index contributed by atoms with van der Waals surface area (Å²) in [7, 11) is 0. The van der Waals surface area contributed by atoms with Gasteiger partial charge in [-0.15, -0.1) is 0 Å². The maximum atomic E-state index is 5.91. The molecule has 26 heavy (non-hydrogen) atoms. The zero-order chi connectivity index (χ0) is 17.8. The predicted molar refractivity (Wildman–Crippen MR) is 108 cm³/mol. The summed E-state index contributed by atoms with van der Waals surface area (Å²) in [4.78, 5) is 0. The Morgan fingerprint density at radius 1 is 0.846 bits per heavy atom. The lowest BCUT2D eigenvalue weighted by Gasteiger charge is -2.16. The molecule has 130 valence electrons. The van der Waals surface area contributed by atoms with E-state index in [1.807, 2.05) is 6.92 Å². The molecule has 0 saturated carbocycles. The van der Waals surface area contributed by atoms with Gasteiger partial charge in [0.1, 0.15) is 11.5 Å². The summed E-state index contributed by atoms with van der Waals surface area (Å²) in [5.41, 5.74) is 12.9. The Bertz CT molecular complexity index is 1040. The molecule has 0 unspecified atom stereocenters. The lowest BCUT2D eigenvalue weighted by atomic mass is 9.88. The van der Waals surface area contributed by atoms with Gasteiger partial charge in [-0.2, -0.15) is 0 Å². The van der Waals surface area contributed by atoms with E-state index in [0.717, 1.165) is 17.9 Å². The summed E-state index contributed by atoms with van der Waals surface area (Å²) >= 11 is 0. The number of rotatable bonds is 2. The van der Waals surface area contributed by atoms with Gasteiger partial charge in [-0.3, -0.25) is 0 Å². The molecule has 2 aliphatic rings. The molecule has 1 heteroatoms. The van der Waals surface area contributed by atoms with Crippen LogP contribution in [0, 0.1) is 20.8 Å². The van der Waals surface area contributed by atoms with E-state index < -0.39 is 0 Å². The van der Waals surface area contributed by atoms with Crippen LogP contribution in [0.5, 0.6) is 0 Å². The first kappa shape index (κ1) is 15.7. The Morgan fingerprint density at radius 2 is 1.65 bits per heavy atom. The van der Waals surface area contributed by atoms with E-state index >= 15 is 0 Å². The van der Waals surface area contributed by atoms with Crippen molar-refractivity contribution in [2.24, 2.45) is 0 Å². The number of hydrogen-bond acceptors (Lipinski definition) is 1. The molecule has 1 nitrogen and oxygen atoms in total. The highest BCUT2D eigenvalue weighted by Gasteiger charge is 2.26. The van der Waals surface area contributed by atoms with Gasteiger partial charge in [0.05, 0.1) is 0 Å². The molecule has 0 saturated heterocycles. The van der Waals surface area contributed by atoms with E-state index in [9.17, 15) is 0 Å². The fourth-order valence-electron chi connectivity index (χ4n) is 4.78. The second-order valence-corrected chi connectivity index (χ2v) is 7.95. The molecule has 0 radical (unpaired) electrons. The van der Waals surface area contributed by atoms with E-state index in [-0.39, 0.29) is 0 Å². The minimum absolute atomic E-state index is 0.980. The van der Waals surface area contributed by atoms with Crippen LogP contribution in [-0.4, -0.2) is 0 Å². The molecule has 0 fully saturated rings. The molecule has 0 amide bonds.